The number of nitrogens with two attached hydrogens (primary N) is 2. The van der Waals surface area contributed by atoms with Gasteiger partial charge in [0.15, 0.2) is 0 Å². The van der Waals surface area contributed by atoms with Crippen molar-refractivity contribution in [2.24, 2.45) is 5.84 Å². The van der Waals surface area contributed by atoms with Crippen LogP contribution in [0.4, 0.5) is 17.1 Å². The van der Waals surface area contributed by atoms with E-state index >= 15 is 0 Å². The third-order valence-electron chi connectivity index (χ3n) is 6.20. The fourth-order valence-electron chi connectivity index (χ4n) is 4.18. The summed E-state index contributed by atoms with van der Waals surface area (Å²) in [4.78, 5) is 34.6. The molecule has 2 aromatic heterocycles. The van der Waals surface area contributed by atoms with Gasteiger partial charge in [-0.3, -0.25) is 14.8 Å². The van der Waals surface area contributed by atoms with Crippen LogP contribution in [0.25, 0.3) is 27.7 Å². The number of hydrogen-bond donors (Lipinski definition) is 3. The Bertz CT molecular complexity index is 1700. The molecule has 35 heavy (non-hydrogen) atoms. The number of pyridine rings is 1. The Morgan fingerprint density at radius 3 is 2.43 bits per heavy atom. The summed E-state index contributed by atoms with van der Waals surface area (Å²) < 4.78 is 1.06. The Morgan fingerprint density at radius 1 is 0.914 bits per heavy atom. The fourth-order valence-corrected chi connectivity index (χ4v) is 4.18. The summed E-state index contributed by atoms with van der Waals surface area (Å²) in [7, 11) is 0. The maximum atomic E-state index is 14.1. The molecule has 0 radical (unpaired) electrons. The smallest absolute Gasteiger partial charge is 0.333 e. The van der Waals surface area contributed by atoms with Gasteiger partial charge in [-0.1, -0.05) is 48.5 Å². The maximum Gasteiger partial charge on any atom is 0.333 e. The van der Waals surface area contributed by atoms with E-state index in [1.165, 1.54) is 11.2 Å². The molecule has 5 aromatic rings. The zero-order valence-electron chi connectivity index (χ0n) is 19.3. The predicted molar refractivity (Wildman–Crippen MR) is 140 cm³/mol. The van der Waals surface area contributed by atoms with Crippen molar-refractivity contribution < 1.29 is 0 Å². The van der Waals surface area contributed by atoms with Crippen LogP contribution in [-0.2, 0) is 0 Å². The summed E-state index contributed by atoms with van der Waals surface area (Å²) in [6, 6.07) is 20.1. The standard InChI is InChI=1S/C27H24N6O2/c1-16-11-12-18(13-17(16)2)24-25(33(29)22-10-6-5-9-21(22)28)26(34)32(27(35)31-24)23-15-30-14-19-7-3-4-8-20(19)23/h3-15H,28-29H2,1-2H3,(H,31,35). The molecule has 5 rings (SSSR count). The first-order chi connectivity index (χ1) is 16.9. The van der Waals surface area contributed by atoms with Gasteiger partial charge in [0.1, 0.15) is 5.69 Å². The second-order valence-electron chi connectivity index (χ2n) is 8.40. The third kappa shape index (κ3) is 3.75. The van der Waals surface area contributed by atoms with E-state index in [0.717, 1.165) is 21.1 Å². The summed E-state index contributed by atoms with van der Waals surface area (Å²) in [5, 5.41) is 2.74. The molecule has 0 bridgehead atoms. The number of aromatic amines is 1. The number of H-pyrrole nitrogens is 1. The van der Waals surface area contributed by atoms with Crippen molar-refractivity contribution in [3.05, 3.63) is 111 Å². The second-order valence-corrected chi connectivity index (χ2v) is 8.40. The summed E-state index contributed by atoms with van der Waals surface area (Å²) in [6.45, 7) is 3.96. The lowest BCUT2D eigenvalue weighted by Crippen LogP contribution is -2.41. The van der Waals surface area contributed by atoms with Crippen LogP contribution in [0, 0.1) is 13.8 Å². The highest BCUT2D eigenvalue weighted by Gasteiger charge is 2.23. The van der Waals surface area contributed by atoms with Crippen LogP contribution in [0.3, 0.4) is 0 Å². The minimum absolute atomic E-state index is 0.0821. The number of para-hydroxylation sites is 2. The van der Waals surface area contributed by atoms with E-state index in [1.54, 1.807) is 30.5 Å². The monoisotopic (exact) mass is 464 g/mol. The fraction of sp³-hybridized carbons (Fsp3) is 0.0741. The summed E-state index contributed by atoms with van der Waals surface area (Å²) in [5.41, 5.74) is 9.32. The number of aromatic nitrogens is 3. The molecule has 8 heteroatoms. The molecule has 0 amide bonds. The molecule has 0 aliphatic heterocycles. The van der Waals surface area contributed by atoms with Crippen LogP contribution in [0.15, 0.2) is 88.7 Å². The number of nitrogen functional groups attached to an aromatic ring is 1. The molecule has 0 saturated heterocycles. The lowest BCUT2D eigenvalue weighted by Gasteiger charge is -2.23. The Hall–Kier alpha value is -4.69. The molecule has 5 N–H and O–H groups in total. The molecule has 0 spiro atoms. The molecule has 0 saturated carbocycles. The quantitative estimate of drug-likeness (QED) is 0.210. The van der Waals surface area contributed by atoms with Crippen LogP contribution in [0.2, 0.25) is 0 Å². The average Bonchev–Trinajstić information content (AvgIpc) is 2.85. The topological polar surface area (TPSA) is 123 Å². The van der Waals surface area contributed by atoms with Crippen molar-refractivity contribution in [2.75, 3.05) is 10.7 Å². The summed E-state index contributed by atoms with van der Waals surface area (Å²) in [5.74, 6) is 6.54. The van der Waals surface area contributed by atoms with E-state index in [0.29, 0.717) is 33.7 Å². The number of nitrogens with zero attached hydrogens (tertiary/aromatic N) is 3. The molecular formula is C27H24N6O2. The van der Waals surface area contributed by atoms with Crippen LogP contribution in [0.1, 0.15) is 11.1 Å². The van der Waals surface area contributed by atoms with Crippen LogP contribution < -0.4 is 27.8 Å². The summed E-state index contributed by atoms with van der Waals surface area (Å²) in [6.07, 6.45) is 3.18. The van der Waals surface area contributed by atoms with Crippen LogP contribution >= 0.6 is 0 Å². The number of aryl methyl sites for hydroxylation is 2. The lowest BCUT2D eigenvalue weighted by atomic mass is 10.0. The van der Waals surface area contributed by atoms with Crippen molar-refractivity contribution in [3.8, 4) is 16.9 Å². The van der Waals surface area contributed by atoms with Gasteiger partial charge in [-0.2, -0.15) is 0 Å². The highest BCUT2D eigenvalue weighted by Crippen LogP contribution is 2.32. The normalized spacial score (nSPS) is 11.1. The van der Waals surface area contributed by atoms with Gasteiger partial charge in [0.25, 0.3) is 5.56 Å². The van der Waals surface area contributed by atoms with Gasteiger partial charge < -0.3 is 10.7 Å². The Kier molecular flexibility index (Phi) is 5.43. The first kappa shape index (κ1) is 22.1. The van der Waals surface area contributed by atoms with Crippen molar-refractivity contribution in [3.63, 3.8) is 0 Å². The number of rotatable bonds is 4. The number of nitrogens with one attached hydrogen (secondary N) is 1. The van der Waals surface area contributed by atoms with Gasteiger partial charge >= 0.3 is 5.69 Å². The van der Waals surface area contributed by atoms with E-state index in [4.69, 9.17) is 11.6 Å². The van der Waals surface area contributed by atoms with Gasteiger partial charge in [-0.05, 0) is 43.2 Å². The number of benzene rings is 3. The van der Waals surface area contributed by atoms with Gasteiger partial charge in [-0.15, -0.1) is 0 Å². The Labute approximate surface area is 201 Å². The molecule has 3 aromatic carbocycles. The molecule has 0 aliphatic rings. The van der Waals surface area contributed by atoms with Gasteiger partial charge in [0.2, 0.25) is 0 Å². The largest absolute Gasteiger partial charge is 0.397 e. The number of hydrazine groups is 1. The summed E-state index contributed by atoms with van der Waals surface area (Å²) >= 11 is 0. The Morgan fingerprint density at radius 2 is 1.66 bits per heavy atom. The van der Waals surface area contributed by atoms with Crippen molar-refractivity contribution in [1.29, 1.82) is 0 Å². The molecule has 0 fully saturated rings. The molecule has 2 heterocycles. The number of hydrogen-bond acceptors (Lipinski definition) is 6. The van der Waals surface area contributed by atoms with Gasteiger partial charge in [0, 0.05) is 22.5 Å². The van der Waals surface area contributed by atoms with Crippen LogP contribution in [-0.4, -0.2) is 14.5 Å². The van der Waals surface area contributed by atoms with Gasteiger partial charge in [-0.25, -0.2) is 15.2 Å². The number of fused-ring (bicyclic) bond motifs is 1. The van der Waals surface area contributed by atoms with Crippen molar-refractivity contribution in [2.45, 2.75) is 13.8 Å². The SMILES string of the molecule is Cc1ccc(-c2[nH]c(=O)n(-c3cncc4ccccc34)c(=O)c2N(N)c2ccccc2N)cc1C. The second kappa shape index (κ2) is 8.58. The van der Waals surface area contributed by atoms with Crippen molar-refractivity contribution in [1.82, 2.24) is 14.5 Å². The van der Waals surface area contributed by atoms with Crippen LogP contribution in [0.5, 0.6) is 0 Å². The zero-order valence-corrected chi connectivity index (χ0v) is 19.3. The van der Waals surface area contributed by atoms with E-state index in [2.05, 4.69) is 9.97 Å². The third-order valence-corrected chi connectivity index (χ3v) is 6.20. The molecular weight excluding hydrogens is 440 g/mol. The first-order valence-electron chi connectivity index (χ1n) is 11.1. The first-order valence-corrected chi connectivity index (χ1v) is 11.1. The molecule has 0 atom stereocenters. The van der Waals surface area contributed by atoms with E-state index < -0.39 is 11.2 Å². The minimum atomic E-state index is -0.598. The van der Waals surface area contributed by atoms with Gasteiger partial charge in [0.05, 0.1) is 29.0 Å². The van der Waals surface area contributed by atoms with Crippen molar-refractivity contribution >= 4 is 27.8 Å². The highest BCUT2D eigenvalue weighted by molar-refractivity contribution is 5.89. The molecule has 0 aliphatic carbocycles. The number of anilines is 3. The zero-order chi connectivity index (χ0) is 24.7. The predicted octanol–water partition coefficient (Wildman–Crippen LogP) is 3.95. The lowest BCUT2D eigenvalue weighted by molar-refractivity contribution is 0.866. The molecule has 0 unspecified atom stereocenters. The highest BCUT2D eigenvalue weighted by atomic mass is 16.2. The van der Waals surface area contributed by atoms with E-state index in [-0.39, 0.29) is 5.69 Å². The Balaban J connectivity index is 1.86. The van der Waals surface area contributed by atoms with E-state index in [1.807, 2.05) is 56.3 Å². The minimum Gasteiger partial charge on any atom is -0.397 e. The molecule has 174 valence electrons. The average molecular weight is 465 g/mol. The maximum absolute atomic E-state index is 14.1. The van der Waals surface area contributed by atoms with E-state index in [9.17, 15) is 9.59 Å². The molecule has 8 nitrogen and oxygen atoms in total.